The van der Waals surface area contributed by atoms with Gasteiger partial charge in [0.15, 0.2) is 0 Å². The standard InChI is InChI=1S/C8H10Cl2N2O2S/c9-7-2-1-6(8(10)5-7)3-4-12-15(11,13)14/h1-2,5,12H,3-4H2,(H2,11,13,14). The number of hydrogen-bond acceptors (Lipinski definition) is 2. The van der Waals surface area contributed by atoms with Crippen LogP contribution in [-0.2, 0) is 16.6 Å². The highest BCUT2D eigenvalue weighted by atomic mass is 35.5. The molecule has 0 aliphatic carbocycles. The summed E-state index contributed by atoms with van der Waals surface area (Å²) >= 11 is 11.6. The van der Waals surface area contributed by atoms with Crippen molar-refractivity contribution >= 4 is 33.4 Å². The Balaban J connectivity index is 2.59. The maximum absolute atomic E-state index is 10.6. The van der Waals surface area contributed by atoms with Crippen LogP contribution in [0.15, 0.2) is 18.2 Å². The molecule has 0 bridgehead atoms. The number of nitrogens with one attached hydrogen (secondary N) is 1. The SMILES string of the molecule is NS(=O)(=O)NCCc1ccc(Cl)cc1Cl. The summed E-state index contributed by atoms with van der Waals surface area (Å²) in [7, 11) is -3.63. The van der Waals surface area contributed by atoms with Crippen LogP contribution in [0.2, 0.25) is 10.0 Å². The van der Waals surface area contributed by atoms with E-state index in [0.717, 1.165) is 5.56 Å². The lowest BCUT2D eigenvalue weighted by molar-refractivity contribution is 0.583. The van der Waals surface area contributed by atoms with Gasteiger partial charge in [0, 0.05) is 16.6 Å². The number of hydrogen-bond donors (Lipinski definition) is 2. The Morgan fingerprint density at radius 2 is 2.00 bits per heavy atom. The van der Waals surface area contributed by atoms with Gasteiger partial charge in [0.25, 0.3) is 10.2 Å². The monoisotopic (exact) mass is 268 g/mol. The lowest BCUT2D eigenvalue weighted by Crippen LogP contribution is -2.32. The van der Waals surface area contributed by atoms with E-state index in [4.69, 9.17) is 28.3 Å². The van der Waals surface area contributed by atoms with Crippen LogP contribution >= 0.6 is 23.2 Å². The molecular weight excluding hydrogens is 259 g/mol. The van der Waals surface area contributed by atoms with E-state index in [2.05, 4.69) is 4.72 Å². The average molecular weight is 269 g/mol. The van der Waals surface area contributed by atoms with Gasteiger partial charge in [-0.25, -0.2) is 9.86 Å². The van der Waals surface area contributed by atoms with Crippen LogP contribution in [0, 0.1) is 0 Å². The van der Waals surface area contributed by atoms with Gasteiger partial charge in [-0.05, 0) is 24.1 Å². The second-order valence-electron chi connectivity index (χ2n) is 2.93. The zero-order valence-electron chi connectivity index (χ0n) is 7.70. The van der Waals surface area contributed by atoms with E-state index in [9.17, 15) is 8.42 Å². The average Bonchev–Trinajstić information content (AvgIpc) is 2.07. The first kappa shape index (κ1) is 12.7. The van der Waals surface area contributed by atoms with Gasteiger partial charge in [-0.1, -0.05) is 29.3 Å². The second kappa shape index (κ2) is 5.14. The van der Waals surface area contributed by atoms with Crippen molar-refractivity contribution in [3.63, 3.8) is 0 Å². The van der Waals surface area contributed by atoms with Crippen molar-refractivity contribution in [2.75, 3.05) is 6.54 Å². The molecule has 0 aromatic heterocycles. The van der Waals surface area contributed by atoms with Crippen LogP contribution in [-0.4, -0.2) is 15.0 Å². The molecule has 84 valence electrons. The topological polar surface area (TPSA) is 72.2 Å². The van der Waals surface area contributed by atoms with Crippen LogP contribution in [0.1, 0.15) is 5.56 Å². The molecule has 0 unspecified atom stereocenters. The molecule has 0 atom stereocenters. The largest absolute Gasteiger partial charge is 0.274 e. The Labute approximate surface area is 98.6 Å². The van der Waals surface area contributed by atoms with Gasteiger partial charge in [-0.3, -0.25) is 0 Å². The fourth-order valence-electron chi connectivity index (χ4n) is 1.05. The van der Waals surface area contributed by atoms with Crippen molar-refractivity contribution in [3.8, 4) is 0 Å². The van der Waals surface area contributed by atoms with Crippen molar-refractivity contribution in [2.24, 2.45) is 5.14 Å². The number of benzene rings is 1. The molecule has 3 N–H and O–H groups in total. The minimum atomic E-state index is -3.63. The van der Waals surface area contributed by atoms with E-state index < -0.39 is 10.2 Å². The van der Waals surface area contributed by atoms with Gasteiger partial charge >= 0.3 is 0 Å². The van der Waals surface area contributed by atoms with Crippen LogP contribution in [0.25, 0.3) is 0 Å². The maximum Gasteiger partial charge on any atom is 0.274 e. The molecule has 0 radical (unpaired) electrons. The van der Waals surface area contributed by atoms with E-state index in [0.29, 0.717) is 16.5 Å². The number of nitrogens with two attached hydrogens (primary N) is 1. The third-order valence-electron chi connectivity index (χ3n) is 1.71. The molecule has 0 saturated heterocycles. The zero-order chi connectivity index (χ0) is 11.5. The van der Waals surface area contributed by atoms with Gasteiger partial charge in [-0.15, -0.1) is 0 Å². The first-order valence-corrected chi connectivity index (χ1v) is 6.40. The lowest BCUT2D eigenvalue weighted by Gasteiger charge is -2.04. The molecule has 4 nitrogen and oxygen atoms in total. The molecule has 0 saturated carbocycles. The molecule has 0 spiro atoms. The second-order valence-corrected chi connectivity index (χ2v) is 5.15. The summed E-state index contributed by atoms with van der Waals surface area (Å²) in [5.41, 5.74) is 0.817. The maximum atomic E-state index is 10.6. The quantitative estimate of drug-likeness (QED) is 0.865. The van der Waals surface area contributed by atoms with E-state index in [1.807, 2.05) is 0 Å². The molecule has 1 aromatic rings. The lowest BCUT2D eigenvalue weighted by atomic mass is 10.1. The van der Waals surface area contributed by atoms with Crippen molar-refractivity contribution in [1.29, 1.82) is 0 Å². The van der Waals surface area contributed by atoms with Crippen molar-refractivity contribution < 1.29 is 8.42 Å². The highest BCUT2D eigenvalue weighted by Gasteiger charge is 2.03. The predicted molar refractivity (Wildman–Crippen MR) is 61.3 cm³/mol. The van der Waals surface area contributed by atoms with Gasteiger partial charge in [-0.2, -0.15) is 8.42 Å². The summed E-state index contributed by atoms with van der Waals surface area (Å²) in [6.07, 6.45) is 0.465. The molecule has 0 aliphatic heterocycles. The molecule has 0 fully saturated rings. The normalized spacial score (nSPS) is 11.7. The molecule has 1 rings (SSSR count). The van der Waals surface area contributed by atoms with Crippen molar-refractivity contribution in [1.82, 2.24) is 4.72 Å². The third kappa shape index (κ3) is 4.81. The molecule has 0 aliphatic rings. The van der Waals surface area contributed by atoms with Gasteiger partial charge in [0.2, 0.25) is 0 Å². The molecular formula is C8H10Cl2N2O2S. The number of rotatable bonds is 4. The molecule has 1 aromatic carbocycles. The van der Waals surface area contributed by atoms with E-state index >= 15 is 0 Å². The van der Waals surface area contributed by atoms with E-state index in [1.165, 1.54) is 0 Å². The van der Waals surface area contributed by atoms with Gasteiger partial charge in [0.1, 0.15) is 0 Å². The minimum Gasteiger partial charge on any atom is -0.216 e. The van der Waals surface area contributed by atoms with Crippen molar-refractivity contribution in [2.45, 2.75) is 6.42 Å². The highest BCUT2D eigenvalue weighted by molar-refractivity contribution is 7.87. The van der Waals surface area contributed by atoms with Crippen molar-refractivity contribution in [3.05, 3.63) is 33.8 Å². The highest BCUT2D eigenvalue weighted by Crippen LogP contribution is 2.20. The van der Waals surface area contributed by atoms with Crippen LogP contribution in [0.5, 0.6) is 0 Å². The van der Waals surface area contributed by atoms with Gasteiger partial charge < -0.3 is 0 Å². The van der Waals surface area contributed by atoms with Crippen LogP contribution < -0.4 is 9.86 Å². The summed E-state index contributed by atoms with van der Waals surface area (Å²) in [5.74, 6) is 0. The summed E-state index contributed by atoms with van der Waals surface area (Å²) in [4.78, 5) is 0. The fourth-order valence-corrected chi connectivity index (χ4v) is 1.94. The smallest absolute Gasteiger partial charge is 0.216 e. The van der Waals surface area contributed by atoms with E-state index in [1.54, 1.807) is 18.2 Å². The Morgan fingerprint density at radius 1 is 1.33 bits per heavy atom. The Bertz CT molecular complexity index is 448. The van der Waals surface area contributed by atoms with Crippen LogP contribution in [0.3, 0.4) is 0 Å². The summed E-state index contributed by atoms with van der Waals surface area (Å²) in [5, 5.41) is 5.83. The fraction of sp³-hybridized carbons (Fsp3) is 0.250. The molecule has 15 heavy (non-hydrogen) atoms. The Morgan fingerprint density at radius 3 is 2.53 bits per heavy atom. The molecule has 0 amide bonds. The summed E-state index contributed by atoms with van der Waals surface area (Å²) in [6, 6.07) is 5.05. The first-order chi connectivity index (χ1) is 6.88. The minimum absolute atomic E-state index is 0.209. The summed E-state index contributed by atoms with van der Waals surface area (Å²) < 4.78 is 23.3. The summed E-state index contributed by atoms with van der Waals surface area (Å²) in [6.45, 7) is 0.209. The molecule has 7 heteroatoms. The van der Waals surface area contributed by atoms with Crippen LogP contribution in [0.4, 0.5) is 0 Å². The third-order valence-corrected chi connectivity index (χ3v) is 2.91. The van der Waals surface area contributed by atoms with E-state index in [-0.39, 0.29) is 6.54 Å². The molecule has 0 heterocycles. The first-order valence-electron chi connectivity index (χ1n) is 4.10. The number of halogens is 2. The van der Waals surface area contributed by atoms with Gasteiger partial charge in [0.05, 0.1) is 0 Å². The predicted octanol–water partition coefficient (Wildman–Crippen LogP) is 1.33. The Hall–Kier alpha value is -0.330. The zero-order valence-corrected chi connectivity index (χ0v) is 10.0. The Kier molecular flexibility index (Phi) is 4.36.